The lowest BCUT2D eigenvalue weighted by Crippen LogP contribution is -2.25. The molecule has 1 aromatic carbocycles. The summed E-state index contributed by atoms with van der Waals surface area (Å²) in [5, 5.41) is 15.4. The van der Waals surface area contributed by atoms with E-state index in [9.17, 15) is 5.11 Å². The van der Waals surface area contributed by atoms with Crippen LogP contribution in [-0.2, 0) is 12.0 Å². The molecule has 0 fully saturated rings. The van der Waals surface area contributed by atoms with E-state index >= 15 is 0 Å². The molecule has 1 aliphatic rings. The SMILES string of the molecule is O[C@]1(c2cccc(-c3csc(-c4c[nH]c5ncncc45)n3)c2)CCc2cccnc21. The summed E-state index contributed by atoms with van der Waals surface area (Å²) in [5.74, 6) is 0. The number of H-pyrrole nitrogens is 1. The molecule has 4 aromatic heterocycles. The van der Waals surface area contributed by atoms with E-state index in [0.29, 0.717) is 6.42 Å². The Labute approximate surface area is 176 Å². The first kappa shape index (κ1) is 17.4. The Morgan fingerprint density at radius 3 is 3.07 bits per heavy atom. The van der Waals surface area contributed by atoms with Crippen LogP contribution in [0.1, 0.15) is 23.2 Å². The number of fused-ring (bicyclic) bond motifs is 2. The molecule has 1 atom stereocenters. The number of nitrogens with one attached hydrogen (secondary N) is 1. The van der Waals surface area contributed by atoms with Gasteiger partial charge in [0, 0.05) is 40.5 Å². The van der Waals surface area contributed by atoms with Crippen molar-refractivity contribution in [2.24, 2.45) is 0 Å². The molecular weight excluding hydrogens is 394 g/mol. The van der Waals surface area contributed by atoms with Crippen LogP contribution in [-0.4, -0.2) is 30.0 Å². The normalized spacial score (nSPS) is 18.0. The minimum Gasteiger partial charge on any atom is -0.379 e. The van der Waals surface area contributed by atoms with Crippen LogP contribution in [0.4, 0.5) is 0 Å². The highest BCUT2D eigenvalue weighted by Crippen LogP contribution is 2.42. The van der Waals surface area contributed by atoms with Gasteiger partial charge >= 0.3 is 0 Å². The molecule has 0 radical (unpaired) electrons. The average molecular weight is 411 g/mol. The molecule has 0 amide bonds. The Bertz CT molecular complexity index is 1390. The fraction of sp³-hybridized carbons (Fsp3) is 0.130. The van der Waals surface area contributed by atoms with E-state index < -0.39 is 5.60 Å². The first-order valence-electron chi connectivity index (χ1n) is 9.73. The second kappa shape index (κ2) is 6.55. The molecule has 0 saturated carbocycles. The number of aromatic amines is 1. The van der Waals surface area contributed by atoms with Crippen molar-refractivity contribution in [3.05, 3.63) is 83.5 Å². The van der Waals surface area contributed by atoms with Crippen LogP contribution in [0.3, 0.4) is 0 Å². The quantitative estimate of drug-likeness (QED) is 0.461. The highest BCUT2D eigenvalue weighted by Gasteiger charge is 2.39. The summed E-state index contributed by atoms with van der Waals surface area (Å²) in [4.78, 5) is 20.9. The largest absolute Gasteiger partial charge is 0.379 e. The molecule has 0 aliphatic heterocycles. The first-order chi connectivity index (χ1) is 14.7. The van der Waals surface area contributed by atoms with Crippen LogP contribution < -0.4 is 0 Å². The van der Waals surface area contributed by atoms with Gasteiger partial charge in [-0.15, -0.1) is 11.3 Å². The van der Waals surface area contributed by atoms with Gasteiger partial charge in [-0.1, -0.05) is 24.3 Å². The molecule has 0 spiro atoms. The summed E-state index contributed by atoms with van der Waals surface area (Å²) in [6, 6.07) is 12.0. The molecule has 30 heavy (non-hydrogen) atoms. The second-order valence-corrected chi connectivity index (χ2v) is 8.34. The number of hydrogen-bond donors (Lipinski definition) is 2. The summed E-state index contributed by atoms with van der Waals surface area (Å²) < 4.78 is 0. The number of benzene rings is 1. The van der Waals surface area contributed by atoms with Crippen LogP contribution in [0.15, 0.2) is 66.7 Å². The number of aromatic nitrogens is 5. The Kier molecular flexibility index (Phi) is 3.81. The summed E-state index contributed by atoms with van der Waals surface area (Å²) in [7, 11) is 0. The fourth-order valence-corrected chi connectivity index (χ4v) is 5.09. The lowest BCUT2D eigenvalue weighted by molar-refractivity contribution is 0.0788. The maximum absolute atomic E-state index is 11.5. The number of thiazole rings is 1. The highest BCUT2D eigenvalue weighted by molar-refractivity contribution is 7.13. The lowest BCUT2D eigenvalue weighted by Gasteiger charge is -2.24. The molecule has 5 aromatic rings. The first-order valence-corrected chi connectivity index (χ1v) is 10.6. The molecule has 0 saturated heterocycles. The summed E-state index contributed by atoms with van der Waals surface area (Å²) in [6.07, 6.45) is 8.46. The maximum atomic E-state index is 11.5. The van der Waals surface area contributed by atoms with Crippen LogP contribution >= 0.6 is 11.3 Å². The number of pyridine rings is 1. The predicted octanol–water partition coefficient (Wildman–Crippen LogP) is 4.33. The van der Waals surface area contributed by atoms with E-state index in [1.165, 1.54) is 6.33 Å². The lowest BCUT2D eigenvalue weighted by atomic mass is 9.89. The fourth-order valence-electron chi connectivity index (χ4n) is 4.23. The molecule has 4 heterocycles. The third-order valence-electron chi connectivity index (χ3n) is 5.77. The number of rotatable bonds is 3. The Balaban J connectivity index is 1.40. The van der Waals surface area contributed by atoms with Crippen molar-refractivity contribution in [2.75, 3.05) is 0 Å². The van der Waals surface area contributed by atoms with Crippen molar-refractivity contribution in [3.63, 3.8) is 0 Å². The van der Waals surface area contributed by atoms with Gasteiger partial charge in [0.25, 0.3) is 0 Å². The number of aryl methyl sites for hydroxylation is 1. The molecular formula is C23H17N5OS. The van der Waals surface area contributed by atoms with Gasteiger partial charge in [0.05, 0.1) is 11.4 Å². The zero-order valence-corrected chi connectivity index (χ0v) is 16.7. The molecule has 7 heteroatoms. The maximum Gasteiger partial charge on any atom is 0.141 e. The number of hydrogen-bond acceptors (Lipinski definition) is 6. The Morgan fingerprint density at radius 2 is 2.10 bits per heavy atom. The Hall–Kier alpha value is -3.42. The van der Waals surface area contributed by atoms with Gasteiger partial charge in [0.1, 0.15) is 22.6 Å². The van der Waals surface area contributed by atoms with E-state index in [-0.39, 0.29) is 0 Å². The van der Waals surface area contributed by atoms with Gasteiger partial charge in [-0.05, 0) is 36.1 Å². The van der Waals surface area contributed by atoms with Gasteiger partial charge in [-0.2, -0.15) is 0 Å². The van der Waals surface area contributed by atoms with E-state index in [0.717, 1.165) is 56.1 Å². The minimum atomic E-state index is -1.06. The summed E-state index contributed by atoms with van der Waals surface area (Å²) >= 11 is 1.58. The molecule has 146 valence electrons. The smallest absolute Gasteiger partial charge is 0.141 e. The van der Waals surface area contributed by atoms with Gasteiger partial charge in [-0.3, -0.25) is 4.98 Å². The molecule has 0 bridgehead atoms. The molecule has 6 nitrogen and oxygen atoms in total. The van der Waals surface area contributed by atoms with Crippen molar-refractivity contribution in [2.45, 2.75) is 18.4 Å². The van der Waals surface area contributed by atoms with Crippen LogP contribution in [0, 0.1) is 0 Å². The van der Waals surface area contributed by atoms with Crippen molar-refractivity contribution in [1.29, 1.82) is 0 Å². The highest BCUT2D eigenvalue weighted by atomic mass is 32.1. The molecule has 1 aliphatic carbocycles. The van der Waals surface area contributed by atoms with Gasteiger partial charge < -0.3 is 10.1 Å². The second-order valence-electron chi connectivity index (χ2n) is 7.48. The average Bonchev–Trinajstić information content (AvgIpc) is 3.52. The van der Waals surface area contributed by atoms with Crippen LogP contribution in [0.25, 0.3) is 32.9 Å². The summed E-state index contributed by atoms with van der Waals surface area (Å²) in [5.41, 5.74) is 5.32. The van der Waals surface area contributed by atoms with Crippen LogP contribution in [0.5, 0.6) is 0 Å². The predicted molar refractivity (Wildman–Crippen MR) is 116 cm³/mol. The van der Waals surface area contributed by atoms with Crippen molar-refractivity contribution >= 4 is 22.4 Å². The van der Waals surface area contributed by atoms with Gasteiger partial charge in [0.15, 0.2) is 0 Å². The van der Waals surface area contributed by atoms with Gasteiger partial charge in [-0.25, -0.2) is 15.0 Å². The standard InChI is InChI=1S/C23H17N5OS/c29-23(7-6-14-4-2-8-25-20(14)23)16-5-1-3-15(9-16)19-12-30-22(28-19)18-11-26-21-17(18)10-24-13-27-21/h1-5,8-13,29H,6-7H2,(H,24,26,27)/t23-/m0/s1. The van der Waals surface area contributed by atoms with Crippen molar-refractivity contribution in [3.8, 4) is 21.8 Å². The van der Waals surface area contributed by atoms with Crippen molar-refractivity contribution in [1.82, 2.24) is 24.9 Å². The van der Waals surface area contributed by atoms with Crippen LogP contribution in [0.2, 0.25) is 0 Å². The van der Waals surface area contributed by atoms with Gasteiger partial charge in [0.2, 0.25) is 0 Å². The zero-order valence-electron chi connectivity index (χ0n) is 15.9. The number of nitrogens with zero attached hydrogens (tertiary/aromatic N) is 4. The van der Waals surface area contributed by atoms with E-state index in [1.54, 1.807) is 23.7 Å². The third-order valence-corrected chi connectivity index (χ3v) is 6.64. The molecule has 2 N–H and O–H groups in total. The van der Waals surface area contributed by atoms with E-state index in [2.05, 4.69) is 19.9 Å². The topological polar surface area (TPSA) is 87.6 Å². The van der Waals surface area contributed by atoms with E-state index in [4.69, 9.17) is 4.98 Å². The zero-order chi connectivity index (χ0) is 20.1. The number of aliphatic hydroxyl groups is 1. The third kappa shape index (κ3) is 2.59. The monoisotopic (exact) mass is 411 g/mol. The minimum absolute atomic E-state index is 0.639. The Morgan fingerprint density at radius 1 is 1.13 bits per heavy atom. The van der Waals surface area contributed by atoms with E-state index in [1.807, 2.05) is 48.0 Å². The molecule has 6 rings (SSSR count). The summed E-state index contributed by atoms with van der Waals surface area (Å²) in [6.45, 7) is 0. The van der Waals surface area contributed by atoms with Crippen molar-refractivity contribution < 1.29 is 5.11 Å². The molecule has 0 unspecified atom stereocenters.